The number of halogens is 1. The molecule has 17 heavy (non-hydrogen) atoms. The molecule has 5 heteroatoms. The minimum atomic E-state index is -3.40. The Hall–Kier alpha value is -0.660. The highest BCUT2D eigenvalue weighted by Crippen LogP contribution is 2.22. The van der Waals surface area contributed by atoms with Crippen molar-refractivity contribution in [3.8, 4) is 0 Å². The highest BCUT2D eigenvalue weighted by Gasteiger charge is 2.15. The van der Waals surface area contributed by atoms with Crippen molar-refractivity contribution in [2.45, 2.75) is 4.90 Å². The first-order chi connectivity index (χ1) is 8.15. The van der Waals surface area contributed by atoms with Crippen LogP contribution in [0.15, 0.2) is 47.4 Å². The van der Waals surface area contributed by atoms with Gasteiger partial charge in [-0.15, -0.1) is 0 Å². The number of benzene rings is 2. The number of rotatable bonds is 4. The van der Waals surface area contributed by atoms with Crippen LogP contribution in [0.1, 0.15) is 0 Å². The van der Waals surface area contributed by atoms with Gasteiger partial charge in [-0.1, -0.05) is 59.0 Å². The molecule has 2 aromatic carbocycles. The van der Waals surface area contributed by atoms with Gasteiger partial charge >= 0.3 is 0 Å². The Kier molecular flexibility index (Phi) is 4.01. The van der Waals surface area contributed by atoms with Gasteiger partial charge in [-0.2, -0.15) is 0 Å². The predicted molar refractivity (Wildman–Crippen MR) is 78.0 cm³/mol. The molecule has 0 aromatic heterocycles. The van der Waals surface area contributed by atoms with E-state index in [1.807, 2.05) is 30.3 Å². The predicted octanol–water partition coefficient (Wildman–Crippen LogP) is 2.55. The molecule has 0 aliphatic rings. The van der Waals surface area contributed by atoms with Crippen LogP contribution in [0.4, 0.5) is 0 Å². The molecule has 2 rings (SSSR count). The summed E-state index contributed by atoms with van der Waals surface area (Å²) in [6.07, 6.45) is 0. The maximum atomic E-state index is 12.1. The van der Waals surface area contributed by atoms with E-state index in [4.69, 9.17) is 0 Å². The standard InChI is InChI=1S/C12H12INO2S/c13-8-9-14-17(15,16)12-7-3-5-10-4-1-2-6-11(10)12/h1-7,14H,8-9H2. The second kappa shape index (κ2) is 5.32. The highest BCUT2D eigenvalue weighted by molar-refractivity contribution is 14.1. The molecule has 0 bridgehead atoms. The minimum absolute atomic E-state index is 0.348. The Morgan fingerprint density at radius 1 is 1.06 bits per heavy atom. The Morgan fingerprint density at radius 2 is 1.76 bits per heavy atom. The molecule has 3 nitrogen and oxygen atoms in total. The fourth-order valence-corrected chi connectivity index (χ4v) is 3.58. The van der Waals surface area contributed by atoms with Crippen molar-refractivity contribution in [3.05, 3.63) is 42.5 Å². The molecule has 0 unspecified atom stereocenters. The number of hydrogen-bond donors (Lipinski definition) is 1. The summed E-state index contributed by atoms with van der Waals surface area (Å²) < 4.78 is 27.5. The van der Waals surface area contributed by atoms with E-state index < -0.39 is 10.0 Å². The van der Waals surface area contributed by atoms with Crippen LogP contribution in [0.2, 0.25) is 0 Å². The first kappa shape index (κ1) is 12.8. The SMILES string of the molecule is O=S(=O)(NCCI)c1cccc2ccccc12. The van der Waals surface area contributed by atoms with Crippen molar-refractivity contribution < 1.29 is 8.42 Å². The maximum Gasteiger partial charge on any atom is 0.241 e. The van der Waals surface area contributed by atoms with Crippen LogP contribution < -0.4 is 4.72 Å². The molecule has 0 saturated carbocycles. The molecular formula is C12H12INO2S. The van der Waals surface area contributed by atoms with Crippen molar-refractivity contribution in [3.63, 3.8) is 0 Å². The lowest BCUT2D eigenvalue weighted by Crippen LogP contribution is -2.25. The van der Waals surface area contributed by atoms with E-state index in [-0.39, 0.29) is 0 Å². The molecule has 0 aliphatic carbocycles. The molecule has 2 aromatic rings. The van der Waals surface area contributed by atoms with E-state index >= 15 is 0 Å². The van der Waals surface area contributed by atoms with Gasteiger partial charge < -0.3 is 0 Å². The third kappa shape index (κ3) is 2.78. The van der Waals surface area contributed by atoms with Crippen LogP contribution in [0, 0.1) is 0 Å². The second-order valence-corrected chi connectivity index (χ2v) is 6.38. The second-order valence-electron chi connectivity index (χ2n) is 3.56. The van der Waals surface area contributed by atoms with Gasteiger partial charge in [-0.25, -0.2) is 13.1 Å². The molecule has 0 spiro atoms. The van der Waals surface area contributed by atoms with E-state index in [1.165, 1.54) is 0 Å². The number of alkyl halides is 1. The Balaban J connectivity index is 2.55. The zero-order chi connectivity index (χ0) is 12.3. The summed E-state index contributed by atoms with van der Waals surface area (Å²) >= 11 is 2.14. The molecule has 0 fully saturated rings. The van der Waals surface area contributed by atoms with Crippen LogP contribution in [-0.4, -0.2) is 19.4 Å². The lowest BCUT2D eigenvalue weighted by atomic mass is 10.1. The fraction of sp³-hybridized carbons (Fsp3) is 0.167. The normalized spacial score (nSPS) is 11.8. The maximum absolute atomic E-state index is 12.1. The summed E-state index contributed by atoms with van der Waals surface area (Å²) in [5.41, 5.74) is 0. The topological polar surface area (TPSA) is 46.2 Å². The molecule has 0 saturated heterocycles. The van der Waals surface area contributed by atoms with Crippen LogP contribution in [0.25, 0.3) is 10.8 Å². The summed E-state index contributed by atoms with van der Waals surface area (Å²) in [5, 5.41) is 1.70. The average molecular weight is 361 g/mol. The van der Waals surface area contributed by atoms with E-state index in [1.54, 1.807) is 12.1 Å². The summed E-state index contributed by atoms with van der Waals surface area (Å²) in [6.45, 7) is 0.451. The monoisotopic (exact) mass is 361 g/mol. The summed E-state index contributed by atoms with van der Waals surface area (Å²) in [4.78, 5) is 0.348. The fourth-order valence-electron chi connectivity index (χ4n) is 1.68. The summed E-state index contributed by atoms with van der Waals surface area (Å²) in [7, 11) is -3.40. The van der Waals surface area contributed by atoms with E-state index in [0.29, 0.717) is 11.4 Å². The molecule has 0 radical (unpaired) electrons. The third-order valence-corrected chi connectivity index (χ3v) is 4.48. The highest BCUT2D eigenvalue weighted by atomic mass is 127. The van der Waals surface area contributed by atoms with Gasteiger partial charge in [-0.3, -0.25) is 0 Å². The van der Waals surface area contributed by atoms with Crippen LogP contribution >= 0.6 is 22.6 Å². The summed E-state index contributed by atoms with van der Waals surface area (Å²) in [6, 6.07) is 12.8. The van der Waals surface area contributed by atoms with Gasteiger partial charge in [0.05, 0.1) is 4.90 Å². The molecule has 0 aliphatic heterocycles. The van der Waals surface area contributed by atoms with Crippen molar-refractivity contribution in [1.29, 1.82) is 0 Å². The van der Waals surface area contributed by atoms with E-state index in [9.17, 15) is 8.42 Å². The van der Waals surface area contributed by atoms with E-state index in [2.05, 4.69) is 27.3 Å². The third-order valence-electron chi connectivity index (χ3n) is 2.43. The molecular weight excluding hydrogens is 349 g/mol. The number of sulfonamides is 1. The van der Waals surface area contributed by atoms with Crippen molar-refractivity contribution in [2.24, 2.45) is 0 Å². The van der Waals surface area contributed by atoms with Crippen molar-refractivity contribution in [2.75, 3.05) is 11.0 Å². The lowest BCUT2D eigenvalue weighted by molar-refractivity contribution is 0.585. The zero-order valence-corrected chi connectivity index (χ0v) is 12.0. The van der Waals surface area contributed by atoms with Crippen molar-refractivity contribution >= 4 is 43.4 Å². The minimum Gasteiger partial charge on any atom is -0.210 e. The van der Waals surface area contributed by atoms with Crippen LogP contribution in [0.5, 0.6) is 0 Å². The van der Waals surface area contributed by atoms with Gasteiger partial charge in [0.2, 0.25) is 10.0 Å². The average Bonchev–Trinajstić information content (AvgIpc) is 2.36. The molecule has 0 atom stereocenters. The van der Waals surface area contributed by atoms with Gasteiger partial charge in [0.15, 0.2) is 0 Å². The van der Waals surface area contributed by atoms with Gasteiger partial charge in [0, 0.05) is 16.4 Å². The van der Waals surface area contributed by atoms with Gasteiger partial charge in [0.1, 0.15) is 0 Å². The quantitative estimate of drug-likeness (QED) is 0.672. The van der Waals surface area contributed by atoms with Gasteiger partial charge in [-0.05, 0) is 11.5 Å². The molecule has 0 heterocycles. The number of hydrogen-bond acceptors (Lipinski definition) is 2. The molecule has 90 valence electrons. The molecule has 1 N–H and O–H groups in total. The smallest absolute Gasteiger partial charge is 0.210 e. The Morgan fingerprint density at radius 3 is 2.53 bits per heavy atom. The number of fused-ring (bicyclic) bond motifs is 1. The largest absolute Gasteiger partial charge is 0.241 e. The summed E-state index contributed by atoms with van der Waals surface area (Å²) in [5.74, 6) is 0. The lowest BCUT2D eigenvalue weighted by Gasteiger charge is -2.08. The van der Waals surface area contributed by atoms with Crippen molar-refractivity contribution in [1.82, 2.24) is 4.72 Å². The first-order valence-electron chi connectivity index (χ1n) is 5.18. The van der Waals surface area contributed by atoms with Gasteiger partial charge in [0.25, 0.3) is 0 Å². The Bertz CT molecular complexity index is 620. The zero-order valence-electron chi connectivity index (χ0n) is 9.06. The molecule has 0 amide bonds. The number of nitrogens with one attached hydrogen (secondary N) is 1. The van der Waals surface area contributed by atoms with E-state index in [0.717, 1.165) is 15.2 Å². The first-order valence-corrected chi connectivity index (χ1v) is 8.19. The Labute approximate surface area is 114 Å². The van der Waals surface area contributed by atoms with Crippen LogP contribution in [0.3, 0.4) is 0 Å². The van der Waals surface area contributed by atoms with Crippen LogP contribution in [-0.2, 0) is 10.0 Å².